The molecule has 3 heterocycles. The first-order chi connectivity index (χ1) is 12.4. The van der Waals surface area contributed by atoms with E-state index < -0.39 is 9.73 Å². The van der Waals surface area contributed by atoms with Gasteiger partial charge in [0, 0.05) is 48.4 Å². The van der Waals surface area contributed by atoms with Gasteiger partial charge in [-0.15, -0.1) is 11.3 Å². The smallest absolute Gasteiger partial charge is 0.348 e. The lowest BCUT2D eigenvalue weighted by Gasteiger charge is -2.35. The van der Waals surface area contributed by atoms with E-state index >= 15 is 0 Å². The van der Waals surface area contributed by atoms with Gasteiger partial charge in [-0.05, 0) is 12.1 Å². The average molecular weight is 396 g/mol. The van der Waals surface area contributed by atoms with E-state index in [-0.39, 0.29) is 5.97 Å². The summed E-state index contributed by atoms with van der Waals surface area (Å²) in [4.78, 5) is 25.2. The minimum atomic E-state index is -2.22. The average Bonchev–Trinajstić information content (AvgIpc) is 3.11. The number of esters is 1. The Hall–Kier alpha value is -2.20. The van der Waals surface area contributed by atoms with Gasteiger partial charge in [0.15, 0.2) is 0 Å². The van der Waals surface area contributed by atoms with E-state index in [9.17, 15) is 9.00 Å². The number of rotatable bonds is 4. The zero-order valence-corrected chi connectivity index (χ0v) is 16.5. The summed E-state index contributed by atoms with van der Waals surface area (Å²) in [6, 6.07) is 3.75. The second-order valence-electron chi connectivity index (χ2n) is 6.12. The molecule has 0 aromatic carbocycles. The molecule has 26 heavy (non-hydrogen) atoms. The summed E-state index contributed by atoms with van der Waals surface area (Å²) in [6.07, 6.45) is 6.36. The number of hydrogen-bond donors (Lipinski definition) is 0. The second kappa shape index (κ2) is 7.58. The van der Waals surface area contributed by atoms with Gasteiger partial charge in [0.25, 0.3) is 0 Å². The fraction of sp³-hybridized carbons (Fsp3) is 0.438. The van der Waals surface area contributed by atoms with Gasteiger partial charge >= 0.3 is 5.97 Å². The molecule has 0 unspecified atom stereocenters. The Bertz CT molecular complexity index is 887. The zero-order chi connectivity index (χ0) is 18.7. The van der Waals surface area contributed by atoms with Gasteiger partial charge in [0.05, 0.1) is 24.5 Å². The lowest BCUT2D eigenvalue weighted by molar-refractivity contribution is 0.0606. The van der Waals surface area contributed by atoms with Crippen molar-refractivity contribution in [2.45, 2.75) is 0 Å². The Kier molecular flexibility index (Phi) is 5.42. The Balaban J connectivity index is 1.62. The van der Waals surface area contributed by atoms with Crippen molar-refractivity contribution in [3.8, 4) is 0 Å². The summed E-state index contributed by atoms with van der Waals surface area (Å²) in [6.45, 7) is 3.18. The summed E-state index contributed by atoms with van der Waals surface area (Å²) in [5, 5.41) is 1.06. The molecule has 10 heteroatoms. The quantitative estimate of drug-likeness (QED) is 0.732. The van der Waals surface area contributed by atoms with Crippen LogP contribution in [0.15, 0.2) is 28.9 Å². The summed E-state index contributed by atoms with van der Waals surface area (Å²) in [5.74, 6) is 0.339. The molecule has 8 nitrogen and oxygen atoms in total. The normalized spacial score (nSPS) is 15.0. The van der Waals surface area contributed by atoms with E-state index in [1.54, 1.807) is 31.0 Å². The second-order valence-corrected chi connectivity index (χ2v) is 9.72. The number of carbonyl (C=O) groups is 1. The van der Waals surface area contributed by atoms with E-state index in [0.717, 1.165) is 31.2 Å². The Morgan fingerprint density at radius 2 is 1.77 bits per heavy atom. The van der Waals surface area contributed by atoms with Crippen LogP contribution in [-0.4, -0.2) is 65.9 Å². The van der Waals surface area contributed by atoms with Gasteiger partial charge in [-0.1, -0.05) is 0 Å². The van der Waals surface area contributed by atoms with Crippen molar-refractivity contribution >= 4 is 43.7 Å². The minimum Gasteiger partial charge on any atom is -0.465 e. The highest BCUT2D eigenvalue weighted by Gasteiger charge is 2.21. The third kappa shape index (κ3) is 4.50. The fourth-order valence-electron chi connectivity index (χ4n) is 2.61. The molecule has 0 saturated carbocycles. The SMILES string of the molecule is COC(=O)c1ccc(N2CCN(c3ncc(N=S(C)(C)=O)cn3)CC2)s1. The van der Waals surface area contributed by atoms with Crippen molar-refractivity contribution in [1.29, 1.82) is 0 Å². The molecular formula is C16H21N5O3S2. The third-order valence-corrected chi connectivity index (χ3v) is 5.58. The van der Waals surface area contributed by atoms with Gasteiger partial charge in [-0.2, -0.15) is 4.36 Å². The van der Waals surface area contributed by atoms with E-state index in [2.05, 4.69) is 24.1 Å². The molecule has 0 radical (unpaired) electrons. The van der Waals surface area contributed by atoms with Gasteiger partial charge < -0.3 is 14.5 Å². The van der Waals surface area contributed by atoms with Crippen LogP contribution in [0.2, 0.25) is 0 Å². The lowest BCUT2D eigenvalue weighted by atomic mass is 10.3. The Morgan fingerprint density at radius 1 is 1.15 bits per heavy atom. The molecule has 1 aliphatic heterocycles. The topological polar surface area (TPSA) is 88.0 Å². The van der Waals surface area contributed by atoms with Crippen LogP contribution in [0.1, 0.15) is 9.67 Å². The first-order valence-electron chi connectivity index (χ1n) is 8.03. The largest absolute Gasteiger partial charge is 0.465 e. The fourth-order valence-corrected chi connectivity index (χ4v) is 4.19. The number of ether oxygens (including phenoxy) is 1. The standard InChI is InChI=1S/C16H21N5O3S2/c1-24-15(22)13-4-5-14(25-13)20-6-8-21(9-7-20)16-17-10-12(11-18-16)19-26(2,3)23/h4-5,10-11H,6-9H2,1-3H3. The number of anilines is 2. The molecule has 0 bridgehead atoms. The van der Waals surface area contributed by atoms with Crippen LogP contribution in [0.3, 0.4) is 0 Å². The predicted octanol–water partition coefficient (Wildman–Crippen LogP) is 2.01. The van der Waals surface area contributed by atoms with E-state index in [1.165, 1.54) is 18.4 Å². The number of methoxy groups -OCH3 is 1. The van der Waals surface area contributed by atoms with Crippen molar-refractivity contribution in [2.75, 3.05) is 55.6 Å². The summed E-state index contributed by atoms with van der Waals surface area (Å²) >= 11 is 1.44. The first-order valence-corrected chi connectivity index (χ1v) is 11.2. The number of carbonyl (C=O) groups excluding carboxylic acids is 1. The molecule has 0 spiro atoms. The van der Waals surface area contributed by atoms with Crippen molar-refractivity contribution in [1.82, 2.24) is 9.97 Å². The molecule has 3 rings (SSSR count). The van der Waals surface area contributed by atoms with Gasteiger partial charge in [-0.3, -0.25) is 0 Å². The molecule has 0 amide bonds. The highest BCUT2D eigenvalue weighted by atomic mass is 32.2. The minimum absolute atomic E-state index is 0.304. The van der Waals surface area contributed by atoms with Crippen LogP contribution in [0.4, 0.5) is 16.6 Å². The molecule has 140 valence electrons. The monoisotopic (exact) mass is 395 g/mol. The van der Waals surface area contributed by atoms with Crippen LogP contribution < -0.4 is 9.80 Å². The summed E-state index contributed by atoms with van der Waals surface area (Å²) < 4.78 is 20.6. The van der Waals surface area contributed by atoms with Crippen LogP contribution in [0.5, 0.6) is 0 Å². The van der Waals surface area contributed by atoms with Crippen molar-refractivity contribution in [3.63, 3.8) is 0 Å². The van der Waals surface area contributed by atoms with E-state index in [4.69, 9.17) is 4.74 Å². The molecule has 0 atom stereocenters. The summed E-state index contributed by atoms with van der Waals surface area (Å²) in [7, 11) is -0.829. The van der Waals surface area contributed by atoms with Gasteiger partial charge in [-0.25, -0.2) is 19.0 Å². The number of piperazine rings is 1. The van der Waals surface area contributed by atoms with Gasteiger partial charge in [0.2, 0.25) is 5.95 Å². The van der Waals surface area contributed by atoms with Crippen molar-refractivity contribution in [2.24, 2.45) is 4.36 Å². The Morgan fingerprint density at radius 3 is 2.35 bits per heavy atom. The molecule has 0 N–H and O–H groups in total. The van der Waals surface area contributed by atoms with Crippen molar-refractivity contribution < 1.29 is 13.7 Å². The molecule has 2 aromatic rings. The third-order valence-electron chi connectivity index (χ3n) is 3.80. The molecule has 0 aliphatic carbocycles. The maximum Gasteiger partial charge on any atom is 0.348 e. The number of aromatic nitrogens is 2. The molecular weight excluding hydrogens is 374 g/mol. The van der Waals surface area contributed by atoms with E-state index in [0.29, 0.717) is 16.5 Å². The van der Waals surface area contributed by atoms with Crippen LogP contribution in [-0.2, 0) is 14.5 Å². The van der Waals surface area contributed by atoms with Gasteiger partial charge in [0.1, 0.15) is 10.6 Å². The number of hydrogen-bond acceptors (Lipinski definition) is 9. The lowest BCUT2D eigenvalue weighted by Crippen LogP contribution is -2.46. The van der Waals surface area contributed by atoms with Crippen LogP contribution in [0, 0.1) is 0 Å². The molecule has 1 aliphatic rings. The van der Waals surface area contributed by atoms with Crippen LogP contribution in [0.25, 0.3) is 0 Å². The first kappa shape index (κ1) is 18.6. The highest BCUT2D eigenvalue weighted by Crippen LogP contribution is 2.28. The maximum atomic E-state index is 11.7. The number of thiophene rings is 1. The molecule has 1 saturated heterocycles. The predicted molar refractivity (Wildman–Crippen MR) is 104 cm³/mol. The number of nitrogens with zero attached hydrogens (tertiary/aromatic N) is 5. The van der Waals surface area contributed by atoms with Crippen LogP contribution >= 0.6 is 11.3 Å². The zero-order valence-electron chi connectivity index (χ0n) is 14.9. The summed E-state index contributed by atoms with van der Waals surface area (Å²) in [5.41, 5.74) is 0.524. The van der Waals surface area contributed by atoms with E-state index in [1.807, 2.05) is 6.07 Å². The highest BCUT2D eigenvalue weighted by molar-refractivity contribution is 7.92. The molecule has 2 aromatic heterocycles. The maximum absolute atomic E-state index is 11.7. The van der Waals surface area contributed by atoms with Crippen molar-refractivity contribution in [3.05, 3.63) is 29.4 Å². The molecule has 1 fully saturated rings. The Labute approximate surface area is 157 Å².